The van der Waals surface area contributed by atoms with Gasteiger partial charge in [0.2, 0.25) is 5.91 Å². The Morgan fingerprint density at radius 1 is 0.840 bits per heavy atom. The number of carbonyl (C=O) groups is 1. The molecule has 3 aromatic carbocycles. The van der Waals surface area contributed by atoms with Gasteiger partial charge in [0.1, 0.15) is 11.5 Å². The number of hydrogen-bond donors (Lipinski definition) is 2. The summed E-state index contributed by atoms with van der Waals surface area (Å²) in [4.78, 5) is 12.0. The Bertz CT molecular complexity index is 830. The number of rotatable bonds is 6. The van der Waals surface area contributed by atoms with Crippen molar-refractivity contribution in [2.45, 2.75) is 6.92 Å². The van der Waals surface area contributed by atoms with Gasteiger partial charge in [-0.05, 0) is 55.0 Å². The predicted molar refractivity (Wildman–Crippen MR) is 101 cm³/mol. The van der Waals surface area contributed by atoms with Crippen molar-refractivity contribution >= 4 is 17.3 Å². The summed E-state index contributed by atoms with van der Waals surface area (Å²) in [6, 6.07) is 24.8. The molecule has 4 nitrogen and oxygen atoms in total. The molecule has 2 N–H and O–H groups in total. The fourth-order valence-corrected chi connectivity index (χ4v) is 2.36. The quantitative estimate of drug-likeness (QED) is 0.679. The lowest BCUT2D eigenvalue weighted by atomic mass is 10.2. The molecular formula is C21H20N2O2. The van der Waals surface area contributed by atoms with Gasteiger partial charge in [0.15, 0.2) is 0 Å². The monoisotopic (exact) mass is 332 g/mol. The van der Waals surface area contributed by atoms with Gasteiger partial charge in [0.25, 0.3) is 0 Å². The fraction of sp³-hybridized carbons (Fsp3) is 0.0952. The van der Waals surface area contributed by atoms with Crippen molar-refractivity contribution in [3.63, 3.8) is 0 Å². The zero-order chi connectivity index (χ0) is 17.5. The van der Waals surface area contributed by atoms with Crippen LogP contribution in [0.1, 0.15) is 5.56 Å². The first-order valence-electron chi connectivity index (χ1n) is 8.13. The first-order chi connectivity index (χ1) is 12.2. The van der Waals surface area contributed by atoms with E-state index in [1.165, 1.54) is 0 Å². The highest BCUT2D eigenvalue weighted by Gasteiger charge is 2.04. The van der Waals surface area contributed by atoms with Crippen LogP contribution in [0.5, 0.6) is 11.5 Å². The molecule has 3 rings (SSSR count). The molecule has 1 amide bonds. The average molecular weight is 332 g/mol. The number of carbonyl (C=O) groups excluding carboxylic acids is 1. The third-order valence-corrected chi connectivity index (χ3v) is 3.71. The van der Waals surface area contributed by atoms with E-state index in [9.17, 15) is 4.79 Å². The summed E-state index contributed by atoms with van der Waals surface area (Å²) >= 11 is 0. The van der Waals surface area contributed by atoms with Crippen molar-refractivity contribution in [3.05, 3.63) is 84.4 Å². The first-order valence-corrected chi connectivity index (χ1v) is 8.13. The highest BCUT2D eigenvalue weighted by Crippen LogP contribution is 2.22. The molecule has 0 radical (unpaired) electrons. The minimum absolute atomic E-state index is 0.0843. The van der Waals surface area contributed by atoms with E-state index in [0.29, 0.717) is 0 Å². The number of hydrogen-bond acceptors (Lipinski definition) is 3. The molecule has 0 spiro atoms. The molecule has 0 aliphatic rings. The van der Waals surface area contributed by atoms with Crippen LogP contribution in [0.15, 0.2) is 78.9 Å². The van der Waals surface area contributed by atoms with E-state index in [2.05, 4.69) is 10.6 Å². The minimum Gasteiger partial charge on any atom is -0.457 e. The molecule has 25 heavy (non-hydrogen) atoms. The van der Waals surface area contributed by atoms with Crippen LogP contribution in [0.2, 0.25) is 0 Å². The first kappa shape index (κ1) is 16.6. The van der Waals surface area contributed by atoms with Gasteiger partial charge in [-0.2, -0.15) is 0 Å². The molecule has 0 saturated heterocycles. The summed E-state index contributed by atoms with van der Waals surface area (Å²) in [6.07, 6.45) is 0. The summed E-state index contributed by atoms with van der Waals surface area (Å²) in [5, 5.41) is 6.01. The van der Waals surface area contributed by atoms with Crippen molar-refractivity contribution in [3.8, 4) is 11.5 Å². The van der Waals surface area contributed by atoms with Gasteiger partial charge in [-0.3, -0.25) is 4.79 Å². The minimum atomic E-state index is -0.0843. The zero-order valence-electron chi connectivity index (χ0n) is 14.0. The van der Waals surface area contributed by atoms with Crippen LogP contribution in [0, 0.1) is 6.92 Å². The van der Waals surface area contributed by atoms with E-state index in [0.717, 1.165) is 28.4 Å². The standard InChI is InChI=1S/C21H20N2O2/c1-16-7-5-6-10-20(16)23-21(24)15-22-17-11-13-19(14-12-17)25-18-8-3-2-4-9-18/h2-14,22H,15H2,1H3,(H,23,24). The lowest BCUT2D eigenvalue weighted by Gasteiger charge is -2.10. The van der Waals surface area contributed by atoms with Gasteiger partial charge < -0.3 is 15.4 Å². The van der Waals surface area contributed by atoms with Crippen LogP contribution in [0.3, 0.4) is 0 Å². The maximum atomic E-state index is 12.0. The number of nitrogens with one attached hydrogen (secondary N) is 2. The summed E-state index contributed by atoms with van der Waals surface area (Å²) in [6.45, 7) is 2.17. The van der Waals surface area contributed by atoms with Gasteiger partial charge in [-0.25, -0.2) is 0 Å². The molecule has 126 valence electrons. The topological polar surface area (TPSA) is 50.4 Å². The van der Waals surface area contributed by atoms with Crippen molar-refractivity contribution in [1.82, 2.24) is 0 Å². The van der Waals surface area contributed by atoms with E-state index in [1.807, 2.05) is 85.8 Å². The maximum Gasteiger partial charge on any atom is 0.243 e. The number of benzene rings is 3. The number of aryl methyl sites for hydroxylation is 1. The molecule has 0 aromatic heterocycles. The van der Waals surface area contributed by atoms with E-state index >= 15 is 0 Å². The third kappa shape index (κ3) is 4.85. The molecule has 0 heterocycles. The highest BCUT2D eigenvalue weighted by molar-refractivity contribution is 5.94. The number of amides is 1. The van der Waals surface area contributed by atoms with Crippen LogP contribution in [-0.2, 0) is 4.79 Å². The summed E-state index contributed by atoms with van der Waals surface area (Å²) < 4.78 is 5.74. The molecule has 0 unspecified atom stereocenters. The number of ether oxygens (including phenoxy) is 1. The lowest BCUT2D eigenvalue weighted by molar-refractivity contribution is -0.114. The van der Waals surface area contributed by atoms with Crippen molar-refractivity contribution < 1.29 is 9.53 Å². The Hall–Kier alpha value is -3.27. The van der Waals surface area contributed by atoms with E-state index in [4.69, 9.17) is 4.74 Å². The molecule has 0 fully saturated rings. The Balaban J connectivity index is 1.51. The Morgan fingerprint density at radius 3 is 2.20 bits per heavy atom. The third-order valence-electron chi connectivity index (χ3n) is 3.71. The highest BCUT2D eigenvalue weighted by atomic mass is 16.5. The van der Waals surface area contributed by atoms with E-state index in [-0.39, 0.29) is 12.5 Å². The van der Waals surface area contributed by atoms with Gasteiger partial charge in [-0.1, -0.05) is 36.4 Å². The normalized spacial score (nSPS) is 10.1. The van der Waals surface area contributed by atoms with Crippen LogP contribution in [-0.4, -0.2) is 12.5 Å². The summed E-state index contributed by atoms with van der Waals surface area (Å²) in [5.41, 5.74) is 2.74. The molecule has 4 heteroatoms. The second-order valence-electron chi connectivity index (χ2n) is 5.66. The molecule has 3 aromatic rings. The van der Waals surface area contributed by atoms with E-state index in [1.54, 1.807) is 0 Å². The fourth-order valence-electron chi connectivity index (χ4n) is 2.36. The largest absolute Gasteiger partial charge is 0.457 e. The average Bonchev–Trinajstić information content (AvgIpc) is 2.64. The van der Waals surface area contributed by atoms with Crippen molar-refractivity contribution in [2.75, 3.05) is 17.2 Å². The van der Waals surface area contributed by atoms with Gasteiger partial charge >= 0.3 is 0 Å². The predicted octanol–water partition coefficient (Wildman–Crippen LogP) is 4.84. The molecule has 0 aliphatic heterocycles. The smallest absolute Gasteiger partial charge is 0.243 e. The van der Waals surface area contributed by atoms with Crippen LogP contribution >= 0.6 is 0 Å². The van der Waals surface area contributed by atoms with Crippen molar-refractivity contribution in [2.24, 2.45) is 0 Å². The lowest BCUT2D eigenvalue weighted by Crippen LogP contribution is -2.22. The Kier molecular flexibility index (Phi) is 5.32. The van der Waals surface area contributed by atoms with Gasteiger partial charge in [0, 0.05) is 11.4 Å². The molecule has 0 saturated carbocycles. The summed E-state index contributed by atoms with van der Waals surface area (Å²) in [5.74, 6) is 1.46. The Morgan fingerprint density at radius 2 is 1.48 bits per heavy atom. The zero-order valence-corrected chi connectivity index (χ0v) is 14.0. The Labute approximate surface area is 147 Å². The van der Waals surface area contributed by atoms with Crippen LogP contribution in [0.4, 0.5) is 11.4 Å². The summed E-state index contributed by atoms with van der Waals surface area (Å²) in [7, 11) is 0. The van der Waals surface area contributed by atoms with Crippen LogP contribution < -0.4 is 15.4 Å². The van der Waals surface area contributed by atoms with Crippen molar-refractivity contribution in [1.29, 1.82) is 0 Å². The van der Waals surface area contributed by atoms with E-state index < -0.39 is 0 Å². The number of para-hydroxylation sites is 2. The molecule has 0 aliphatic carbocycles. The SMILES string of the molecule is Cc1ccccc1NC(=O)CNc1ccc(Oc2ccccc2)cc1. The second-order valence-corrected chi connectivity index (χ2v) is 5.66. The van der Waals surface area contributed by atoms with Gasteiger partial charge in [0.05, 0.1) is 6.54 Å². The van der Waals surface area contributed by atoms with Gasteiger partial charge in [-0.15, -0.1) is 0 Å². The second kappa shape index (κ2) is 8.02. The molecule has 0 atom stereocenters. The number of anilines is 2. The van der Waals surface area contributed by atoms with Crippen LogP contribution in [0.25, 0.3) is 0 Å². The maximum absolute atomic E-state index is 12.0. The molecule has 0 bridgehead atoms. The molecular weight excluding hydrogens is 312 g/mol.